The van der Waals surface area contributed by atoms with Crippen LogP contribution in [0.4, 0.5) is 0 Å². The fourth-order valence-electron chi connectivity index (χ4n) is 1.83. The summed E-state index contributed by atoms with van der Waals surface area (Å²) >= 11 is 6.23. The van der Waals surface area contributed by atoms with Crippen molar-refractivity contribution < 1.29 is 0 Å². The van der Waals surface area contributed by atoms with Gasteiger partial charge in [0.15, 0.2) is 0 Å². The molecule has 2 nitrogen and oxygen atoms in total. The minimum Gasteiger partial charge on any atom is -0.324 e. The molecule has 2 aromatic rings. The first-order valence-corrected chi connectivity index (χ1v) is 5.93. The monoisotopic (exact) mass is 246 g/mol. The normalized spacial score (nSPS) is 12.5. The van der Waals surface area contributed by atoms with Gasteiger partial charge >= 0.3 is 0 Å². The average Bonchev–Trinajstić information content (AvgIpc) is 2.29. The third-order valence-corrected chi connectivity index (χ3v) is 3.17. The first-order chi connectivity index (χ1) is 8.09. The van der Waals surface area contributed by atoms with Gasteiger partial charge in [0, 0.05) is 29.0 Å². The van der Waals surface area contributed by atoms with Gasteiger partial charge < -0.3 is 5.73 Å². The summed E-state index contributed by atoms with van der Waals surface area (Å²) in [5.41, 5.74) is 10.2. The smallest absolute Gasteiger partial charge is 0.0459 e. The third-order valence-electron chi connectivity index (χ3n) is 2.84. The summed E-state index contributed by atoms with van der Waals surface area (Å²) in [4.78, 5) is 4.14. The molecule has 0 aliphatic heterocycles. The van der Waals surface area contributed by atoms with Gasteiger partial charge in [-0.05, 0) is 42.7 Å². The van der Waals surface area contributed by atoms with Gasteiger partial charge in [-0.25, -0.2) is 0 Å². The SMILES string of the molecule is Cc1ccncc1-c1ccc(C(C)N)c(Cl)c1. The van der Waals surface area contributed by atoms with Crippen molar-refractivity contribution in [2.75, 3.05) is 0 Å². The standard InChI is InChI=1S/C14H15ClN2/c1-9-5-6-17-8-13(9)11-3-4-12(10(2)16)14(15)7-11/h3-8,10H,16H2,1-2H3. The van der Waals surface area contributed by atoms with Gasteiger partial charge in [-0.1, -0.05) is 23.7 Å². The Morgan fingerprint density at radius 3 is 2.65 bits per heavy atom. The fourth-order valence-corrected chi connectivity index (χ4v) is 2.18. The Morgan fingerprint density at radius 2 is 2.06 bits per heavy atom. The molecule has 1 aromatic heterocycles. The van der Waals surface area contributed by atoms with Crippen LogP contribution in [0.5, 0.6) is 0 Å². The van der Waals surface area contributed by atoms with Crippen LogP contribution in [0.3, 0.4) is 0 Å². The van der Waals surface area contributed by atoms with Gasteiger partial charge in [0.2, 0.25) is 0 Å². The van der Waals surface area contributed by atoms with Gasteiger partial charge in [-0.3, -0.25) is 4.98 Å². The van der Waals surface area contributed by atoms with Gasteiger partial charge in [-0.15, -0.1) is 0 Å². The van der Waals surface area contributed by atoms with Crippen LogP contribution in [0.15, 0.2) is 36.7 Å². The number of hydrogen-bond donors (Lipinski definition) is 1. The molecule has 2 N–H and O–H groups in total. The maximum absolute atomic E-state index is 6.23. The lowest BCUT2D eigenvalue weighted by molar-refractivity contribution is 0.819. The summed E-state index contributed by atoms with van der Waals surface area (Å²) in [7, 11) is 0. The number of aryl methyl sites for hydroxylation is 1. The maximum atomic E-state index is 6.23. The lowest BCUT2D eigenvalue weighted by Gasteiger charge is -2.11. The molecular weight excluding hydrogens is 232 g/mol. The topological polar surface area (TPSA) is 38.9 Å². The first-order valence-electron chi connectivity index (χ1n) is 5.55. The molecule has 0 amide bonds. The van der Waals surface area contributed by atoms with E-state index in [0.29, 0.717) is 5.02 Å². The van der Waals surface area contributed by atoms with Crippen molar-refractivity contribution in [1.29, 1.82) is 0 Å². The van der Waals surface area contributed by atoms with E-state index in [-0.39, 0.29) is 6.04 Å². The Hall–Kier alpha value is -1.38. The highest BCUT2D eigenvalue weighted by atomic mass is 35.5. The van der Waals surface area contributed by atoms with Gasteiger partial charge in [0.1, 0.15) is 0 Å². The minimum atomic E-state index is -0.0495. The molecule has 0 aliphatic carbocycles. The molecule has 1 heterocycles. The second-order valence-electron chi connectivity index (χ2n) is 4.22. The summed E-state index contributed by atoms with van der Waals surface area (Å²) in [6.45, 7) is 3.99. The molecule has 0 saturated heterocycles. The Balaban J connectivity index is 2.49. The Bertz CT molecular complexity index is 535. The van der Waals surface area contributed by atoms with Crippen LogP contribution in [0, 0.1) is 6.92 Å². The van der Waals surface area contributed by atoms with Crippen LogP contribution >= 0.6 is 11.6 Å². The highest BCUT2D eigenvalue weighted by Gasteiger charge is 2.08. The molecule has 1 atom stereocenters. The zero-order valence-corrected chi connectivity index (χ0v) is 10.7. The molecule has 1 unspecified atom stereocenters. The van der Waals surface area contributed by atoms with Crippen molar-refractivity contribution in [1.82, 2.24) is 4.98 Å². The van der Waals surface area contributed by atoms with E-state index < -0.39 is 0 Å². The predicted octanol–water partition coefficient (Wildman–Crippen LogP) is 3.73. The summed E-state index contributed by atoms with van der Waals surface area (Å²) in [6.07, 6.45) is 3.64. The van der Waals surface area contributed by atoms with E-state index in [4.69, 9.17) is 17.3 Å². The number of aromatic nitrogens is 1. The maximum Gasteiger partial charge on any atom is 0.0459 e. The zero-order valence-electron chi connectivity index (χ0n) is 9.94. The predicted molar refractivity (Wildman–Crippen MR) is 72.0 cm³/mol. The van der Waals surface area contributed by atoms with E-state index >= 15 is 0 Å². The molecule has 3 heteroatoms. The number of benzene rings is 1. The summed E-state index contributed by atoms with van der Waals surface area (Å²) in [6, 6.07) is 7.91. The Kier molecular flexibility index (Phi) is 3.46. The second-order valence-corrected chi connectivity index (χ2v) is 4.62. The van der Waals surface area contributed by atoms with E-state index in [9.17, 15) is 0 Å². The highest BCUT2D eigenvalue weighted by Crippen LogP contribution is 2.29. The average molecular weight is 247 g/mol. The minimum absolute atomic E-state index is 0.0495. The van der Waals surface area contributed by atoms with E-state index in [1.165, 1.54) is 5.56 Å². The molecule has 0 spiro atoms. The van der Waals surface area contributed by atoms with E-state index in [0.717, 1.165) is 16.7 Å². The summed E-state index contributed by atoms with van der Waals surface area (Å²) < 4.78 is 0. The van der Waals surface area contributed by atoms with Crippen LogP contribution in [0.1, 0.15) is 24.1 Å². The van der Waals surface area contributed by atoms with E-state index in [1.807, 2.05) is 37.4 Å². The first kappa shape index (κ1) is 12.1. The summed E-state index contributed by atoms with van der Waals surface area (Å²) in [5.74, 6) is 0. The molecule has 17 heavy (non-hydrogen) atoms. The van der Waals surface area contributed by atoms with Gasteiger partial charge in [-0.2, -0.15) is 0 Å². The van der Waals surface area contributed by atoms with Crippen LogP contribution in [0.2, 0.25) is 5.02 Å². The second kappa shape index (κ2) is 4.86. The fraction of sp³-hybridized carbons (Fsp3) is 0.214. The van der Waals surface area contributed by atoms with Crippen molar-refractivity contribution in [2.45, 2.75) is 19.9 Å². The van der Waals surface area contributed by atoms with E-state index in [2.05, 4.69) is 11.9 Å². The van der Waals surface area contributed by atoms with Crippen molar-refractivity contribution >= 4 is 11.6 Å². The number of pyridine rings is 1. The molecule has 0 bridgehead atoms. The highest BCUT2D eigenvalue weighted by molar-refractivity contribution is 6.31. The Morgan fingerprint density at radius 1 is 1.29 bits per heavy atom. The lowest BCUT2D eigenvalue weighted by atomic mass is 10.00. The van der Waals surface area contributed by atoms with Crippen LogP contribution in [0.25, 0.3) is 11.1 Å². The van der Waals surface area contributed by atoms with Crippen molar-refractivity contribution in [3.8, 4) is 11.1 Å². The van der Waals surface area contributed by atoms with Crippen LogP contribution < -0.4 is 5.73 Å². The Labute approximate surface area is 106 Å². The largest absolute Gasteiger partial charge is 0.324 e. The van der Waals surface area contributed by atoms with Gasteiger partial charge in [0.05, 0.1) is 0 Å². The molecular formula is C14H15ClN2. The number of hydrogen-bond acceptors (Lipinski definition) is 2. The molecule has 1 aromatic carbocycles. The quantitative estimate of drug-likeness (QED) is 0.877. The lowest BCUT2D eigenvalue weighted by Crippen LogP contribution is -2.05. The summed E-state index contributed by atoms with van der Waals surface area (Å²) in [5, 5.41) is 0.709. The molecule has 0 fully saturated rings. The van der Waals surface area contributed by atoms with Crippen molar-refractivity contribution in [3.63, 3.8) is 0 Å². The molecule has 88 valence electrons. The molecule has 0 aliphatic rings. The number of halogens is 1. The number of rotatable bonds is 2. The molecule has 2 rings (SSSR count). The van der Waals surface area contributed by atoms with Crippen LogP contribution in [-0.2, 0) is 0 Å². The molecule has 0 radical (unpaired) electrons. The molecule has 0 saturated carbocycles. The van der Waals surface area contributed by atoms with Crippen molar-refractivity contribution in [2.24, 2.45) is 5.73 Å². The van der Waals surface area contributed by atoms with E-state index in [1.54, 1.807) is 6.20 Å². The van der Waals surface area contributed by atoms with Crippen molar-refractivity contribution in [3.05, 3.63) is 52.8 Å². The van der Waals surface area contributed by atoms with Gasteiger partial charge in [0.25, 0.3) is 0 Å². The third kappa shape index (κ3) is 2.48. The number of nitrogens with zero attached hydrogens (tertiary/aromatic N) is 1. The zero-order chi connectivity index (χ0) is 12.4. The number of nitrogens with two attached hydrogens (primary N) is 1. The van der Waals surface area contributed by atoms with Crippen LogP contribution in [-0.4, -0.2) is 4.98 Å².